The van der Waals surface area contributed by atoms with Crippen molar-refractivity contribution in [2.24, 2.45) is 0 Å². The van der Waals surface area contributed by atoms with Crippen molar-refractivity contribution < 1.29 is 5.11 Å². The Balaban J connectivity index is 1.80. The molecule has 1 N–H and O–H groups in total. The average molecular weight is 312 g/mol. The van der Waals surface area contributed by atoms with Crippen LogP contribution >= 0.6 is 11.8 Å². The van der Waals surface area contributed by atoms with Crippen molar-refractivity contribution in [3.8, 4) is 0 Å². The maximum absolute atomic E-state index is 10.3. The number of aliphatic hydroxyl groups is 1. The number of benzene rings is 2. The van der Waals surface area contributed by atoms with Crippen LogP contribution in [0.1, 0.15) is 25.0 Å². The lowest BCUT2D eigenvalue weighted by Gasteiger charge is -2.11. The quantitative estimate of drug-likeness (QED) is 0.691. The smallest absolute Gasteiger partial charge is 0.169 e. The molecule has 3 aromatic rings. The second-order valence-electron chi connectivity index (χ2n) is 5.27. The molecule has 0 saturated heterocycles. The first-order valence-corrected chi connectivity index (χ1v) is 8.59. The Labute approximate surface area is 135 Å². The van der Waals surface area contributed by atoms with Crippen LogP contribution in [0.2, 0.25) is 0 Å². The molecule has 0 fully saturated rings. The highest BCUT2D eigenvalue weighted by molar-refractivity contribution is 7.99. The van der Waals surface area contributed by atoms with Gasteiger partial charge in [0.25, 0.3) is 0 Å². The van der Waals surface area contributed by atoms with Gasteiger partial charge in [-0.15, -0.1) is 0 Å². The van der Waals surface area contributed by atoms with Gasteiger partial charge in [0.15, 0.2) is 5.16 Å². The third-order valence-electron chi connectivity index (χ3n) is 3.62. The number of aromatic nitrogens is 2. The molecule has 22 heavy (non-hydrogen) atoms. The van der Waals surface area contributed by atoms with Crippen molar-refractivity contribution in [1.29, 1.82) is 0 Å². The number of hydrogen-bond donors (Lipinski definition) is 1. The zero-order chi connectivity index (χ0) is 15.4. The van der Waals surface area contributed by atoms with E-state index in [0.717, 1.165) is 29.2 Å². The predicted octanol–water partition coefficient (Wildman–Crippen LogP) is 4.27. The van der Waals surface area contributed by atoms with E-state index in [1.54, 1.807) is 11.8 Å². The molecule has 0 unspecified atom stereocenters. The molecule has 0 aliphatic carbocycles. The Hall–Kier alpha value is -1.78. The summed E-state index contributed by atoms with van der Waals surface area (Å²) in [5.41, 5.74) is 3.14. The third kappa shape index (κ3) is 3.18. The van der Waals surface area contributed by atoms with Crippen LogP contribution in [0.25, 0.3) is 11.0 Å². The molecule has 2 aromatic carbocycles. The molecule has 1 heterocycles. The van der Waals surface area contributed by atoms with Crippen molar-refractivity contribution in [2.45, 2.75) is 31.1 Å². The minimum absolute atomic E-state index is 0.471. The largest absolute Gasteiger partial charge is 0.388 e. The lowest BCUT2D eigenvalue weighted by Crippen LogP contribution is -2.03. The molecule has 0 spiro atoms. The molecule has 0 saturated carbocycles. The van der Waals surface area contributed by atoms with E-state index < -0.39 is 6.10 Å². The van der Waals surface area contributed by atoms with Gasteiger partial charge < -0.3 is 9.67 Å². The molecule has 3 nitrogen and oxygen atoms in total. The number of nitrogens with zero attached hydrogens (tertiary/aromatic N) is 2. The van der Waals surface area contributed by atoms with Gasteiger partial charge in [-0.25, -0.2) is 4.98 Å². The zero-order valence-electron chi connectivity index (χ0n) is 12.6. The Morgan fingerprint density at radius 3 is 2.59 bits per heavy atom. The molecule has 4 heteroatoms. The van der Waals surface area contributed by atoms with Crippen LogP contribution in [0.5, 0.6) is 0 Å². The highest BCUT2D eigenvalue weighted by Crippen LogP contribution is 2.28. The third-order valence-corrected chi connectivity index (χ3v) is 4.67. The first-order valence-electron chi connectivity index (χ1n) is 7.60. The normalized spacial score (nSPS) is 12.6. The molecule has 0 aliphatic heterocycles. The first kappa shape index (κ1) is 15.1. The van der Waals surface area contributed by atoms with E-state index >= 15 is 0 Å². The van der Waals surface area contributed by atoms with Crippen LogP contribution in [0.4, 0.5) is 0 Å². The Bertz CT molecular complexity index is 739. The minimum atomic E-state index is -0.471. The van der Waals surface area contributed by atoms with Gasteiger partial charge in [-0.3, -0.25) is 0 Å². The number of aryl methyl sites for hydroxylation is 1. The molecular formula is C18H20N2OS. The number of rotatable bonds is 6. The maximum Gasteiger partial charge on any atom is 0.169 e. The lowest BCUT2D eigenvalue weighted by molar-refractivity contribution is 0.204. The van der Waals surface area contributed by atoms with E-state index in [9.17, 15) is 5.11 Å². The van der Waals surface area contributed by atoms with Crippen molar-refractivity contribution in [2.75, 3.05) is 5.75 Å². The van der Waals surface area contributed by atoms with Crippen LogP contribution in [0, 0.1) is 0 Å². The Morgan fingerprint density at radius 1 is 1.09 bits per heavy atom. The minimum Gasteiger partial charge on any atom is -0.388 e. The van der Waals surface area contributed by atoms with Crippen LogP contribution < -0.4 is 0 Å². The summed E-state index contributed by atoms with van der Waals surface area (Å²) in [7, 11) is 0. The number of thioether (sulfide) groups is 1. The van der Waals surface area contributed by atoms with E-state index in [2.05, 4.69) is 17.6 Å². The molecule has 0 bridgehead atoms. The summed E-state index contributed by atoms with van der Waals surface area (Å²) < 4.78 is 2.25. The van der Waals surface area contributed by atoms with Crippen molar-refractivity contribution in [1.82, 2.24) is 9.55 Å². The number of hydrogen-bond acceptors (Lipinski definition) is 3. The van der Waals surface area contributed by atoms with E-state index in [4.69, 9.17) is 4.98 Å². The highest BCUT2D eigenvalue weighted by atomic mass is 32.2. The van der Waals surface area contributed by atoms with E-state index in [0.29, 0.717) is 5.75 Å². The number of imidazole rings is 1. The molecule has 1 aromatic heterocycles. The Morgan fingerprint density at radius 2 is 1.82 bits per heavy atom. The van der Waals surface area contributed by atoms with Crippen LogP contribution in [-0.2, 0) is 6.54 Å². The fourth-order valence-electron chi connectivity index (χ4n) is 2.53. The summed E-state index contributed by atoms with van der Waals surface area (Å²) in [5, 5.41) is 11.3. The van der Waals surface area contributed by atoms with Gasteiger partial charge in [-0.05, 0) is 24.1 Å². The molecule has 0 aliphatic rings. The van der Waals surface area contributed by atoms with Crippen molar-refractivity contribution in [3.63, 3.8) is 0 Å². The second kappa shape index (κ2) is 6.99. The monoisotopic (exact) mass is 312 g/mol. The molecule has 0 amide bonds. The number of aliphatic hydroxyl groups excluding tert-OH is 1. The van der Waals surface area contributed by atoms with Gasteiger partial charge in [0.05, 0.1) is 17.1 Å². The SMILES string of the molecule is CCCn1c(SC[C@H](O)c2ccccc2)nc2ccccc21. The van der Waals surface area contributed by atoms with Gasteiger partial charge in [0.2, 0.25) is 0 Å². The van der Waals surface area contributed by atoms with Gasteiger partial charge in [-0.2, -0.15) is 0 Å². The number of para-hydroxylation sites is 2. The van der Waals surface area contributed by atoms with Crippen molar-refractivity contribution in [3.05, 3.63) is 60.2 Å². The van der Waals surface area contributed by atoms with Gasteiger partial charge in [0, 0.05) is 12.3 Å². The number of fused-ring (bicyclic) bond motifs is 1. The Kier molecular flexibility index (Phi) is 4.80. The highest BCUT2D eigenvalue weighted by Gasteiger charge is 2.13. The second-order valence-corrected chi connectivity index (χ2v) is 6.26. The van der Waals surface area contributed by atoms with E-state index in [-0.39, 0.29) is 0 Å². The standard InChI is InChI=1S/C18H20N2OS/c1-2-12-20-16-11-7-6-10-15(16)19-18(20)22-13-17(21)14-8-4-3-5-9-14/h3-11,17,21H,2,12-13H2,1H3/t17-/m0/s1. The average Bonchev–Trinajstić information content (AvgIpc) is 2.92. The molecule has 3 rings (SSSR count). The summed E-state index contributed by atoms with van der Waals surface area (Å²) in [5.74, 6) is 0.608. The van der Waals surface area contributed by atoms with Crippen molar-refractivity contribution >= 4 is 22.8 Å². The van der Waals surface area contributed by atoms with E-state index in [1.165, 1.54) is 5.52 Å². The topological polar surface area (TPSA) is 38.0 Å². The summed E-state index contributed by atoms with van der Waals surface area (Å²) >= 11 is 1.62. The first-order chi connectivity index (χ1) is 10.8. The maximum atomic E-state index is 10.3. The summed E-state index contributed by atoms with van der Waals surface area (Å²) in [6.07, 6.45) is 0.593. The summed E-state index contributed by atoms with van der Waals surface area (Å²) in [6.45, 7) is 3.12. The summed E-state index contributed by atoms with van der Waals surface area (Å²) in [4.78, 5) is 4.71. The van der Waals surface area contributed by atoms with E-state index in [1.807, 2.05) is 48.5 Å². The van der Waals surface area contributed by atoms with Crippen LogP contribution in [0.3, 0.4) is 0 Å². The molecular weight excluding hydrogens is 292 g/mol. The molecule has 0 radical (unpaired) electrons. The molecule has 1 atom stereocenters. The summed E-state index contributed by atoms with van der Waals surface area (Å²) in [6, 6.07) is 18.0. The fraction of sp³-hybridized carbons (Fsp3) is 0.278. The predicted molar refractivity (Wildman–Crippen MR) is 92.1 cm³/mol. The van der Waals surface area contributed by atoms with Crippen LogP contribution in [0.15, 0.2) is 59.8 Å². The zero-order valence-corrected chi connectivity index (χ0v) is 13.5. The fourth-order valence-corrected chi connectivity index (χ4v) is 3.54. The van der Waals surface area contributed by atoms with Crippen LogP contribution in [-0.4, -0.2) is 20.4 Å². The lowest BCUT2D eigenvalue weighted by atomic mass is 10.1. The van der Waals surface area contributed by atoms with Gasteiger partial charge in [-0.1, -0.05) is 61.2 Å². The molecule has 114 valence electrons. The van der Waals surface area contributed by atoms with Gasteiger partial charge >= 0.3 is 0 Å². The van der Waals surface area contributed by atoms with Gasteiger partial charge in [0.1, 0.15) is 0 Å².